The van der Waals surface area contributed by atoms with E-state index in [1.807, 2.05) is 14.0 Å². The first kappa shape index (κ1) is 17.9. The van der Waals surface area contributed by atoms with Gasteiger partial charge in [0.15, 0.2) is 0 Å². The van der Waals surface area contributed by atoms with E-state index in [0.717, 1.165) is 32.0 Å². The summed E-state index contributed by atoms with van der Waals surface area (Å²) in [5.41, 5.74) is -0.157. The zero-order chi connectivity index (χ0) is 13.9. The summed E-state index contributed by atoms with van der Waals surface area (Å²) in [5.74, 6) is 0.721. The summed E-state index contributed by atoms with van der Waals surface area (Å²) in [6.07, 6.45) is 7.04. The van der Waals surface area contributed by atoms with Gasteiger partial charge in [0.25, 0.3) is 0 Å². The normalized spacial score (nSPS) is 16.5. The Morgan fingerprint density at radius 1 is 1.28 bits per heavy atom. The molecule has 0 saturated heterocycles. The summed E-state index contributed by atoms with van der Waals surface area (Å²) < 4.78 is 5.76. The molecule has 0 aromatic heterocycles. The molecule has 2 atom stereocenters. The van der Waals surface area contributed by atoms with E-state index in [4.69, 9.17) is 4.74 Å². The number of aliphatic hydroxyl groups excluding tert-OH is 1. The molecule has 0 heterocycles. The topological polar surface area (TPSA) is 41.5 Å². The number of hydrogen-bond acceptors (Lipinski definition) is 3. The lowest BCUT2D eigenvalue weighted by Crippen LogP contribution is -2.43. The van der Waals surface area contributed by atoms with E-state index < -0.39 is 0 Å². The molecule has 2 unspecified atom stereocenters. The minimum Gasteiger partial charge on any atom is -0.394 e. The Labute approximate surface area is 113 Å². The molecule has 0 aliphatic heterocycles. The number of ether oxygens (including phenoxy) is 1. The molecular formula is C15H33NO2. The van der Waals surface area contributed by atoms with E-state index in [1.54, 1.807) is 0 Å². The van der Waals surface area contributed by atoms with Crippen molar-refractivity contribution in [2.45, 2.75) is 64.8 Å². The van der Waals surface area contributed by atoms with E-state index in [9.17, 15) is 5.11 Å². The number of likely N-dealkylation sites (N-methyl/N-ethyl adjacent to an activating group) is 1. The molecule has 0 aliphatic rings. The van der Waals surface area contributed by atoms with Gasteiger partial charge in [0, 0.05) is 18.8 Å². The van der Waals surface area contributed by atoms with Crippen LogP contribution in [0.2, 0.25) is 0 Å². The Bertz CT molecular complexity index is 181. The van der Waals surface area contributed by atoms with Crippen LogP contribution < -0.4 is 5.32 Å². The minimum atomic E-state index is -0.157. The predicted molar refractivity (Wildman–Crippen MR) is 77.9 cm³/mol. The summed E-state index contributed by atoms with van der Waals surface area (Å²) >= 11 is 0. The first-order valence-electron chi connectivity index (χ1n) is 7.49. The zero-order valence-electron chi connectivity index (χ0n) is 12.8. The lowest BCUT2D eigenvalue weighted by Gasteiger charge is -2.26. The average Bonchev–Trinajstić information content (AvgIpc) is 2.41. The van der Waals surface area contributed by atoms with E-state index in [1.165, 1.54) is 25.7 Å². The van der Waals surface area contributed by atoms with Crippen LogP contribution in [0.3, 0.4) is 0 Å². The maximum atomic E-state index is 9.26. The summed E-state index contributed by atoms with van der Waals surface area (Å²) in [4.78, 5) is 0. The van der Waals surface area contributed by atoms with Crippen LogP contribution in [0.15, 0.2) is 0 Å². The maximum absolute atomic E-state index is 9.26. The molecule has 0 rings (SSSR count). The number of nitrogens with one attached hydrogen (secondary N) is 1. The van der Waals surface area contributed by atoms with Gasteiger partial charge >= 0.3 is 0 Å². The van der Waals surface area contributed by atoms with Gasteiger partial charge in [-0.15, -0.1) is 0 Å². The second-order valence-corrected chi connectivity index (χ2v) is 5.56. The molecule has 3 nitrogen and oxygen atoms in total. The number of aliphatic hydroxyl groups is 1. The second-order valence-electron chi connectivity index (χ2n) is 5.56. The molecule has 0 bridgehead atoms. The van der Waals surface area contributed by atoms with E-state index in [2.05, 4.69) is 19.2 Å². The van der Waals surface area contributed by atoms with Crippen LogP contribution in [0.25, 0.3) is 0 Å². The van der Waals surface area contributed by atoms with Crippen LogP contribution in [0, 0.1) is 5.92 Å². The highest BCUT2D eigenvalue weighted by molar-refractivity contribution is 4.79. The fourth-order valence-corrected chi connectivity index (χ4v) is 2.00. The molecule has 0 spiro atoms. The molecule has 0 fully saturated rings. The van der Waals surface area contributed by atoms with E-state index >= 15 is 0 Å². The maximum Gasteiger partial charge on any atom is 0.0610 e. The number of hydrogen-bond donors (Lipinski definition) is 2. The van der Waals surface area contributed by atoms with Crippen molar-refractivity contribution in [2.24, 2.45) is 5.92 Å². The van der Waals surface area contributed by atoms with E-state index in [0.29, 0.717) is 0 Å². The molecule has 110 valence electrons. The quantitative estimate of drug-likeness (QED) is 0.529. The third kappa shape index (κ3) is 8.06. The van der Waals surface area contributed by atoms with Gasteiger partial charge in [0.05, 0.1) is 6.61 Å². The Morgan fingerprint density at radius 2 is 2.00 bits per heavy atom. The van der Waals surface area contributed by atoms with Gasteiger partial charge in [0.2, 0.25) is 0 Å². The largest absolute Gasteiger partial charge is 0.394 e. The summed E-state index contributed by atoms with van der Waals surface area (Å²) in [6.45, 7) is 8.40. The minimum absolute atomic E-state index is 0.157. The Hall–Kier alpha value is -0.120. The molecule has 0 radical (unpaired) electrons. The molecule has 0 aromatic rings. The summed E-state index contributed by atoms with van der Waals surface area (Å²) in [5, 5.41) is 12.4. The van der Waals surface area contributed by atoms with E-state index in [-0.39, 0.29) is 12.1 Å². The predicted octanol–water partition coefficient (Wildman–Crippen LogP) is 2.97. The Balaban J connectivity index is 3.59. The standard InChI is InChI=1S/C15H33NO2/c1-5-7-9-14(6-2)12-18-11-8-10-15(3,13-17)16-4/h14,16-17H,5-13H2,1-4H3. The smallest absolute Gasteiger partial charge is 0.0610 e. The zero-order valence-corrected chi connectivity index (χ0v) is 12.8. The summed E-state index contributed by atoms with van der Waals surface area (Å²) in [6, 6.07) is 0. The lowest BCUT2D eigenvalue weighted by atomic mass is 9.97. The Kier molecular flexibility index (Phi) is 10.7. The monoisotopic (exact) mass is 259 g/mol. The van der Waals surface area contributed by atoms with Crippen LogP contribution in [-0.2, 0) is 4.74 Å². The molecule has 0 aliphatic carbocycles. The molecule has 0 aromatic carbocycles. The fraction of sp³-hybridized carbons (Fsp3) is 1.00. The third-order valence-electron chi connectivity index (χ3n) is 3.87. The molecule has 0 saturated carbocycles. The van der Waals surface area contributed by atoms with Crippen LogP contribution in [-0.4, -0.2) is 37.5 Å². The fourth-order valence-electron chi connectivity index (χ4n) is 2.00. The molecule has 18 heavy (non-hydrogen) atoms. The van der Waals surface area contributed by atoms with Gasteiger partial charge in [0.1, 0.15) is 0 Å². The number of rotatable bonds is 12. The van der Waals surface area contributed by atoms with Crippen molar-refractivity contribution in [3.05, 3.63) is 0 Å². The van der Waals surface area contributed by atoms with Crippen molar-refractivity contribution >= 4 is 0 Å². The second kappa shape index (κ2) is 10.8. The summed E-state index contributed by atoms with van der Waals surface area (Å²) in [7, 11) is 1.90. The molecular weight excluding hydrogens is 226 g/mol. The first-order chi connectivity index (χ1) is 8.61. The van der Waals surface area contributed by atoms with Crippen molar-refractivity contribution in [1.82, 2.24) is 5.32 Å². The van der Waals surface area contributed by atoms with Gasteiger partial charge in [-0.05, 0) is 39.2 Å². The Morgan fingerprint density at radius 3 is 2.50 bits per heavy atom. The van der Waals surface area contributed by atoms with Gasteiger partial charge in [-0.3, -0.25) is 0 Å². The molecule has 3 heteroatoms. The van der Waals surface area contributed by atoms with Crippen molar-refractivity contribution in [2.75, 3.05) is 26.9 Å². The average molecular weight is 259 g/mol. The highest BCUT2D eigenvalue weighted by Gasteiger charge is 2.19. The van der Waals surface area contributed by atoms with Crippen molar-refractivity contribution in [3.8, 4) is 0 Å². The van der Waals surface area contributed by atoms with Gasteiger partial charge in [-0.2, -0.15) is 0 Å². The van der Waals surface area contributed by atoms with Crippen molar-refractivity contribution < 1.29 is 9.84 Å². The molecule has 0 amide bonds. The number of unbranched alkanes of at least 4 members (excludes halogenated alkanes) is 1. The highest BCUT2D eigenvalue weighted by Crippen LogP contribution is 2.14. The SMILES string of the molecule is CCCCC(CC)COCCCC(C)(CO)NC. The van der Waals surface area contributed by atoms with Gasteiger partial charge < -0.3 is 15.2 Å². The van der Waals surface area contributed by atoms with Gasteiger partial charge in [-0.25, -0.2) is 0 Å². The molecule has 2 N–H and O–H groups in total. The van der Waals surface area contributed by atoms with Crippen LogP contribution in [0.5, 0.6) is 0 Å². The first-order valence-corrected chi connectivity index (χ1v) is 7.49. The van der Waals surface area contributed by atoms with Crippen LogP contribution in [0.4, 0.5) is 0 Å². The highest BCUT2D eigenvalue weighted by atomic mass is 16.5. The van der Waals surface area contributed by atoms with Crippen molar-refractivity contribution in [3.63, 3.8) is 0 Å². The van der Waals surface area contributed by atoms with Crippen molar-refractivity contribution in [1.29, 1.82) is 0 Å². The van der Waals surface area contributed by atoms with Crippen LogP contribution in [0.1, 0.15) is 59.3 Å². The lowest BCUT2D eigenvalue weighted by molar-refractivity contribution is 0.0817. The van der Waals surface area contributed by atoms with Crippen LogP contribution >= 0.6 is 0 Å². The third-order valence-corrected chi connectivity index (χ3v) is 3.87. The van der Waals surface area contributed by atoms with Gasteiger partial charge in [-0.1, -0.05) is 33.1 Å².